The van der Waals surface area contributed by atoms with Gasteiger partial charge in [-0.25, -0.2) is 5.43 Å². The third-order valence-corrected chi connectivity index (χ3v) is 3.24. The van der Waals surface area contributed by atoms with E-state index in [4.69, 9.17) is 4.74 Å². The number of halogens is 3. The molecule has 0 aliphatic heterocycles. The summed E-state index contributed by atoms with van der Waals surface area (Å²) in [6.45, 7) is 2.25. The SMILES string of the molecule is CCOc1ccc(/C=N\NC(=O)CNc2cccc(C(F)(F)F)c2)cc1. The van der Waals surface area contributed by atoms with Gasteiger partial charge in [0.25, 0.3) is 5.91 Å². The minimum Gasteiger partial charge on any atom is -0.494 e. The number of carbonyl (C=O) groups excluding carboxylic acids is 1. The van der Waals surface area contributed by atoms with E-state index in [2.05, 4.69) is 15.8 Å². The monoisotopic (exact) mass is 365 g/mol. The number of hydrogen-bond acceptors (Lipinski definition) is 4. The highest BCUT2D eigenvalue weighted by atomic mass is 19.4. The van der Waals surface area contributed by atoms with Crippen LogP contribution in [0, 0.1) is 0 Å². The molecule has 0 radical (unpaired) electrons. The normalized spacial score (nSPS) is 11.4. The van der Waals surface area contributed by atoms with E-state index in [0.717, 1.165) is 23.4 Å². The minimum absolute atomic E-state index is 0.200. The lowest BCUT2D eigenvalue weighted by molar-refractivity contribution is -0.137. The highest BCUT2D eigenvalue weighted by Crippen LogP contribution is 2.30. The summed E-state index contributed by atoms with van der Waals surface area (Å²) < 4.78 is 43.2. The first-order chi connectivity index (χ1) is 12.4. The summed E-state index contributed by atoms with van der Waals surface area (Å²) in [5.41, 5.74) is 2.48. The number of carbonyl (C=O) groups is 1. The van der Waals surface area contributed by atoms with Gasteiger partial charge in [-0.2, -0.15) is 18.3 Å². The zero-order valence-electron chi connectivity index (χ0n) is 14.0. The molecule has 8 heteroatoms. The van der Waals surface area contributed by atoms with Gasteiger partial charge in [0.05, 0.1) is 24.9 Å². The van der Waals surface area contributed by atoms with Crippen molar-refractivity contribution in [3.63, 3.8) is 0 Å². The van der Waals surface area contributed by atoms with E-state index in [-0.39, 0.29) is 12.2 Å². The van der Waals surface area contributed by atoms with Crippen molar-refractivity contribution in [2.75, 3.05) is 18.5 Å². The number of nitrogens with zero attached hydrogens (tertiary/aromatic N) is 1. The van der Waals surface area contributed by atoms with E-state index >= 15 is 0 Å². The maximum absolute atomic E-state index is 12.6. The van der Waals surface area contributed by atoms with Gasteiger partial charge in [-0.15, -0.1) is 0 Å². The van der Waals surface area contributed by atoms with Crippen LogP contribution in [0.5, 0.6) is 5.75 Å². The molecule has 2 rings (SSSR count). The van der Waals surface area contributed by atoms with E-state index in [1.807, 2.05) is 6.92 Å². The van der Waals surface area contributed by atoms with E-state index in [1.54, 1.807) is 24.3 Å². The van der Waals surface area contributed by atoms with Crippen molar-refractivity contribution in [1.82, 2.24) is 5.43 Å². The van der Waals surface area contributed by atoms with Gasteiger partial charge in [-0.1, -0.05) is 6.07 Å². The second kappa shape index (κ2) is 8.89. The fourth-order valence-corrected chi connectivity index (χ4v) is 2.02. The Labute approximate surface area is 148 Å². The van der Waals surface area contributed by atoms with Gasteiger partial charge in [0.1, 0.15) is 5.75 Å². The van der Waals surface area contributed by atoms with E-state index in [9.17, 15) is 18.0 Å². The van der Waals surface area contributed by atoms with Crippen LogP contribution in [-0.2, 0) is 11.0 Å². The maximum Gasteiger partial charge on any atom is 0.416 e. The molecule has 1 amide bonds. The molecule has 0 heterocycles. The lowest BCUT2D eigenvalue weighted by Gasteiger charge is -2.10. The van der Waals surface area contributed by atoms with Gasteiger partial charge in [-0.3, -0.25) is 4.79 Å². The van der Waals surface area contributed by atoms with Crippen LogP contribution in [0.2, 0.25) is 0 Å². The Balaban J connectivity index is 1.82. The van der Waals surface area contributed by atoms with Crippen LogP contribution < -0.4 is 15.5 Å². The number of alkyl halides is 3. The summed E-state index contributed by atoms with van der Waals surface area (Å²) in [7, 11) is 0. The molecular weight excluding hydrogens is 347 g/mol. The Morgan fingerprint density at radius 1 is 1.19 bits per heavy atom. The molecule has 0 atom stereocenters. The summed E-state index contributed by atoms with van der Waals surface area (Å²) in [5, 5.41) is 6.43. The zero-order valence-corrected chi connectivity index (χ0v) is 14.0. The zero-order chi connectivity index (χ0) is 19.0. The Kier molecular flexibility index (Phi) is 6.60. The molecule has 0 aliphatic carbocycles. The fraction of sp³-hybridized carbons (Fsp3) is 0.222. The second-order valence-electron chi connectivity index (χ2n) is 5.23. The molecule has 0 saturated carbocycles. The maximum atomic E-state index is 12.6. The van der Waals surface area contributed by atoms with Crippen LogP contribution in [0.1, 0.15) is 18.1 Å². The van der Waals surface area contributed by atoms with Crippen LogP contribution in [0.4, 0.5) is 18.9 Å². The first-order valence-electron chi connectivity index (χ1n) is 7.84. The first kappa shape index (κ1) is 19.3. The molecular formula is C18H18F3N3O2. The fourth-order valence-electron chi connectivity index (χ4n) is 2.02. The number of hydrazone groups is 1. The molecule has 0 fully saturated rings. The molecule has 2 aromatic rings. The van der Waals surface area contributed by atoms with Crippen LogP contribution in [0.15, 0.2) is 53.6 Å². The van der Waals surface area contributed by atoms with Crippen molar-refractivity contribution in [3.05, 3.63) is 59.7 Å². The van der Waals surface area contributed by atoms with Crippen molar-refractivity contribution in [2.45, 2.75) is 13.1 Å². The standard InChI is InChI=1S/C18H18F3N3O2/c1-2-26-16-8-6-13(7-9-16)11-23-24-17(25)12-22-15-5-3-4-14(10-15)18(19,20)21/h3-11,22H,2,12H2,1H3,(H,24,25)/b23-11-. The topological polar surface area (TPSA) is 62.7 Å². The van der Waals surface area contributed by atoms with Crippen LogP contribution in [-0.4, -0.2) is 25.3 Å². The Bertz CT molecular complexity index is 759. The van der Waals surface area contributed by atoms with Crippen molar-refractivity contribution in [1.29, 1.82) is 0 Å². The largest absolute Gasteiger partial charge is 0.494 e. The first-order valence-corrected chi connectivity index (χ1v) is 7.84. The van der Waals surface area contributed by atoms with Gasteiger partial charge >= 0.3 is 6.18 Å². The molecule has 5 nitrogen and oxygen atoms in total. The molecule has 26 heavy (non-hydrogen) atoms. The van der Waals surface area contributed by atoms with Gasteiger partial charge in [0.15, 0.2) is 0 Å². The third kappa shape index (κ3) is 6.12. The number of nitrogens with one attached hydrogen (secondary N) is 2. The minimum atomic E-state index is -4.43. The highest BCUT2D eigenvalue weighted by molar-refractivity contribution is 5.84. The smallest absolute Gasteiger partial charge is 0.416 e. The van der Waals surface area contributed by atoms with Gasteiger partial charge in [0.2, 0.25) is 0 Å². The summed E-state index contributed by atoms with van der Waals surface area (Å²) >= 11 is 0. The van der Waals surface area contributed by atoms with E-state index in [0.29, 0.717) is 6.61 Å². The number of ether oxygens (including phenoxy) is 1. The number of benzene rings is 2. The van der Waals surface area contributed by atoms with E-state index < -0.39 is 17.6 Å². The Morgan fingerprint density at radius 3 is 2.58 bits per heavy atom. The molecule has 0 unspecified atom stereocenters. The number of rotatable bonds is 7. The number of hydrogen-bond donors (Lipinski definition) is 2. The van der Waals surface area contributed by atoms with Crippen LogP contribution in [0.3, 0.4) is 0 Å². The van der Waals surface area contributed by atoms with Gasteiger partial charge < -0.3 is 10.1 Å². The van der Waals surface area contributed by atoms with Crippen molar-refractivity contribution in [2.24, 2.45) is 5.10 Å². The summed E-state index contributed by atoms with van der Waals surface area (Å²) in [4.78, 5) is 11.7. The van der Waals surface area contributed by atoms with Crippen molar-refractivity contribution >= 4 is 17.8 Å². The third-order valence-electron chi connectivity index (χ3n) is 3.24. The average molecular weight is 365 g/mol. The lowest BCUT2D eigenvalue weighted by Crippen LogP contribution is -2.26. The van der Waals surface area contributed by atoms with Crippen LogP contribution in [0.25, 0.3) is 0 Å². The van der Waals surface area contributed by atoms with Gasteiger partial charge in [0, 0.05) is 5.69 Å². The predicted octanol–water partition coefficient (Wildman–Crippen LogP) is 3.67. The Morgan fingerprint density at radius 2 is 1.92 bits per heavy atom. The predicted molar refractivity (Wildman–Crippen MR) is 93.3 cm³/mol. The average Bonchev–Trinajstić information content (AvgIpc) is 2.61. The lowest BCUT2D eigenvalue weighted by atomic mass is 10.2. The van der Waals surface area contributed by atoms with Crippen LogP contribution >= 0.6 is 0 Å². The van der Waals surface area contributed by atoms with E-state index in [1.165, 1.54) is 18.3 Å². The molecule has 0 spiro atoms. The summed E-state index contributed by atoms with van der Waals surface area (Å²) in [6.07, 6.45) is -2.97. The van der Waals surface area contributed by atoms with Crippen molar-refractivity contribution in [3.8, 4) is 5.75 Å². The summed E-state index contributed by atoms with van der Waals surface area (Å²) in [6, 6.07) is 11.7. The quantitative estimate of drug-likeness (QED) is 0.581. The summed E-state index contributed by atoms with van der Waals surface area (Å²) in [5.74, 6) is 0.253. The molecule has 0 aliphatic rings. The highest BCUT2D eigenvalue weighted by Gasteiger charge is 2.30. The molecule has 2 aromatic carbocycles. The van der Waals surface area contributed by atoms with Crippen molar-refractivity contribution < 1.29 is 22.7 Å². The molecule has 0 saturated heterocycles. The second-order valence-corrected chi connectivity index (χ2v) is 5.23. The number of amides is 1. The molecule has 2 N–H and O–H groups in total. The van der Waals surface area contributed by atoms with Gasteiger partial charge in [-0.05, 0) is 55.0 Å². The molecule has 0 bridgehead atoms. The molecule has 0 aromatic heterocycles. The Hall–Kier alpha value is -3.03. The molecule has 138 valence electrons. The number of anilines is 1.